The fourth-order valence-electron chi connectivity index (χ4n) is 1.74. The second-order valence-corrected chi connectivity index (χ2v) is 4.07. The molecule has 2 aromatic rings. The van der Waals surface area contributed by atoms with Gasteiger partial charge in [-0.2, -0.15) is 0 Å². The van der Waals surface area contributed by atoms with Crippen LogP contribution in [0.4, 0.5) is 5.69 Å². The van der Waals surface area contributed by atoms with E-state index in [0.29, 0.717) is 18.0 Å². The number of nitro benzene ring substituents is 1. The molecule has 0 radical (unpaired) electrons. The zero-order chi connectivity index (χ0) is 14.5. The van der Waals surface area contributed by atoms with Gasteiger partial charge in [0, 0.05) is 18.2 Å². The number of aromatic nitrogens is 1. The molecule has 0 aliphatic heterocycles. The van der Waals surface area contributed by atoms with Crippen LogP contribution in [0.3, 0.4) is 0 Å². The SMILES string of the molecule is CCNCc1coc(-c2ccc(OC)c([N+](=O)[O-])c2)n1. The van der Waals surface area contributed by atoms with Crippen molar-refractivity contribution in [2.45, 2.75) is 13.5 Å². The molecule has 1 aromatic heterocycles. The van der Waals surface area contributed by atoms with Crippen molar-refractivity contribution in [2.24, 2.45) is 0 Å². The predicted octanol–water partition coefficient (Wildman–Crippen LogP) is 2.37. The Kier molecular flexibility index (Phi) is 4.31. The molecule has 0 unspecified atom stereocenters. The van der Waals surface area contributed by atoms with Crippen LogP contribution in [0, 0.1) is 10.1 Å². The van der Waals surface area contributed by atoms with E-state index < -0.39 is 4.92 Å². The lowest BCUT2D eigenvalue weighted by molar-refractivity contribution is -0.385. The van der Waals surface area contributed by atoms with Crippen LogP contribution in [0.2, 0.25) is 0 Å². The van der Waals surface area contributed by atoms with Crippen LogP contribution in [0.25, 0.3) is 11.5 Å². The van der Waals surface area contributed by atoms with Gasteiger partial charge in [0.1, 0.15) is 6.26 Å². The number of hydrogen-bond acceptors (Lipinski definition) is 6. The van der Waals surface area contributed by atoms with Crippen LogP contribution in [0.15, 0.2) is 28.9 Å². The normalized spacial score (nSPS) is 10.5. The van der Waals surface area contributed by atoms with E-state index in [2.05, 4.69) is 10.3 Å². The molecular formula is C13H15N3O4. The van der Waals surface area contributed by atoms with Crippen LogP contribution in [-0.4, -0.2) is 23.6 Å². The zero-order valence-corrected chi connectivity index (χ0v) is 11.3. The molecule has 0 saturated carbocycles. The predicted molar refractivity (Wildman–Crippen MR) is 72.5 cm³/mol. The monoisotopic (exact) mass is 277 g/mol. The summed E-state index contributed by atoms with van der Waals surface area (Å²) in [5, 5.41) is 14.1. The Morgan fingerprint density at radius 1 is 1.50 bits per heavy atom. The summed E-state index contributed by atoms with van der Waals surface area (Å²) in [6.07, 6.45) is 1.54. The molecule has 0 bridgehead atoms. The maximum absolute atomic E-state index is 11.0. The molecule has 0 atom stereocenters. The van der Waals surface area contributed by atoms with E-state index in [9.17, 15) is 10.1 Å². The summed E-state index contributed by atoms with van der Waals surface area (Å²) in [4.78, 5) is 14.8. The third-order valence-electron chi connectivity index (χ3n) is 2.73. The molecule has 1 aromatic carbocycles. The van der Waals surface area contributed by atoms with Gasteiger partial charge in [0.15, 0.2) is 5.75 Å². The third-order valence-corrected chi connectivity index (χ3v) is 2.73. The number of rotatable bonds is 6. The van der Waals surface area contributed by atoms with Gasteiger partial charge >= 0.3 is 5.69 Å². The molecule has 20 heavy (non-hydrogen) atoms. The Balaban J connectivity index is 2.30. The Morgan fingerprint density at radius 2 is 2.30 bits per heavy atom. The average Bonchev–Trinajstić information content (AvgIpc) is 2.93. The smallest absolute Gasteiger partial charge is 0.311 e. The van der Waals surface area contributed by atoms with E-state index in [1.165, 1.54) is 25.5 Å². The number of nitro groups is 1. The highest BCUT2D eigenvalue weighted by atomic mass is 16.6. The standard InChI is InChI=1S/C13H15N3O4/c1-3-14-7-10-8-20-13(15-10)9-4-5-12(19-2)11(6-9)16(17)18/h4-6,8,14H,3,7H2,1-2H3. The van der Waals surface area contributed by atoms with E-state index in [-0.39, 0.29) is 11.4 Å². The van der Waals surface area contributed by atoms with Crippen LogP contribution < -0.4 is 10.1 Å². The molecule has 7 nitrogen and oxygen atoms in total. The molecule has 0 aliphatic rings. The lowest BCUT2D eigenvalue weighted by Gasteiger charge is -2.02. The minimum Gasteiger partial charge on any atom is -0.490 e. The number of oxazole rings is 1. The summed E-state index contributed by atoms with van der Waals surface area (Å²) in [6.45, 7) is 3.42. The first-order valence-corrected chi connectivity index (χ1v) is 6.13. The van der Waals surface area contributed by atoms with Crippen LogP contribution in [0.5, 0.6) is 5.75 Å². The fraction of sp³-hybridized carbons (Fsp3) is 0.308. The topological polar surface area (TPSA) is 90.4 Å². The van der Waals surface area contributed by atoms with Gasteiger partial charge in [-0.3, -0.25) is 10.1 Å². The first-order valence-electron chi connectivity index (χ1n) is 6.13. The second kappa shape index (κ2) is 6.16. The van der Waals surface area contributed by atoms with Crippen LogP contribution in [-0.2, 0) is 6.54 Å². The van der Waals surface area contributed by atoms with Crippen molar-refractivity contribution in [1.82, 2.24) is 10.3 Å². The number of hydrogen-bond donors (Lipinski definition) is 1. The molecular weight excluding hydrogens is 262 g/mol. The Morgan fingerprint density at radius 3 is 2.95 bits per heavy atom. The van der Waals surface area contributed by atoms with Crippen LogP contribution in [0.1, 0.15) is 12.6 Å². The number of ether oxygens (including phenoxy) is 1. The lowest BCUT2D eigenvalue weighted by atomic mass is 10.2. The van der Waals surface area contributed by atoms with Gasteiger partial charge in [0.2, 0.25) is 5.89 Å². The quantitative estimate of drug-likeness (QED) is 0.644. The van der Waals surface area contributed by atoms with Crippen molar-refractivity contribution in [3.8, 4) is 17.2 Å². The largest absolute Gasteiger partial charge is 0.490 e. The molecule has 0 fully saturated rings. The van der Waals surface area contributed by atoms with Crippen molar-refractivity contribution >= 4 is 5.69 Å². The Bertz CT molecular complexity index is 609. The third kappa shape index (κ3) is 2.94. The highest BCUT2D eigenvalue weighted by Gasteiger charge is 2.17. The molecule has 106 valence electrons. The van der Waals surface area contributed by atoms with E-state index in [0.717, 1.165) is 12.2 Å². The Labute approximate surface area is 115 Å². The highest BCUT2D eigenvalue weighted by Crippen LogP contribution is 2.31. The number of nitrogens with one attached hydrogen (secondary N) is 1. The maximum Gasteiger partial charge on any atom is 0.311 e. The minimum atomic E-state index is -0.495. The molecule has 0 aliphatic carbocycles. The summed E-state index contributed by atoms with van der Waals surface area (Å²) in [6, 6.07) is 4.60. The van der Waals surface area contributed by atoms with Crippen LogP contribution >= 0.6 is 0 Å². The van der Waals surface area contributed by atoms with Crippen molar-refractivity contribution in [2.75, 3.05) is 13.7 Å². The van der Waals surface area contributed by atoms with Gasteiger partial charge in [-0.25, -0.2) is 4.98 Å². The number of benzene rings is 1. The van der Waals surface area contributed by atoms with E-state index in [4.69, 9.17) is 9.15 Å². The fourth-order valence-corrected chi connectivity index (χ4v) is 1.74. The van der Waals surface area contributed by atoms with Crippen molar-refractivity contribution in [1.29, 1.82) is 0 Å². The summed E-state index contributed by atoms with van der Waals surface area (Å²) < 4.78 is 10.3. The zero-order valence-electron chi connectivity index (χ0n) is 11.3. The summed E-state index contributed by atoms with van der Waals surface area (Å²) >= 11 is 0. The molecule has 0 spiro atoms. The van der Waals surface area contributed by atoms with Gasteiger partial charge in [-0.05, 0) is 18.7 Å². The van der Waals surface area contributed by atoms with Gasteiger partial charge in [-0.1, -0.05) is 6.92 Å². The summed E-state index contributed by atoms with van der Waals surface area (Å²) in [7, 11) is 1.39. The van der Waals surface area contributed by atoms with Crippen molar-refractivity contribution in [3.63, 3.8) is 0 Å². The van der Waals surface area contributed by atoms with Crippen molar-refractivity contribution in [3.05, 3.63) is 40.3 Å². The molecule has 7 heteroatoms. The lowest BCUT2D eigenvalue weighted by Crippen LogP contribution is -2.11. The van der Waals surface area contributed by atoms with Gasteiger partial charge < -0.3 is 14.5 Å². The van der Waals surface area contributed by atoms with E-state index in [1.54, 1.807) is 6.07 Å². The van der Waals surface area contributed by atoms with Gasteiger partial charge in [-0.15, -0.1) is 0 Å². The highest BCUT2D eigenvalue weighted by molar-refractivity contribution is 5.62. The maximum atomic E-state index is 11.0. The Hall–Kier alpha value is -2.41. The molecule has 2 rings (SSSR count). The first kappa shape index (κ1) is 14.0. The van der Waals surface area contributed by atoms with Gasteiger partial charge in [0.05, 0.1) is 17.7 Å². The van der Waals surface area contributed by atoms with Crippen molar-refractivity contribution < 1.29 is 14.1 Å². The van der Waals surface area contributed by atoms with E-state index in [1.807, 2.05) is 6.92 Å². The first-order chi connectivity index (χ1) is 9.65. The summed E-state index contributed by atoms with van der Waals surface area (Å²) in [5.41, 5.74) is 1.18. The molecule has 0 amide bonds. The molecule has 0 saturated heterocycles. The second-order valence-electron chi connectivity index (χ2n) is 4.07. The average molecular weight is 277 g/mol. The minimum absolute atomic E-state index is 0.114. The number of nitrogens with zero attached hydrogens (tertiary/aromatic N) is 2. The van der Waals surface area contributed by atoms with Gasteiger partial charge in [0.25, 0.3) is 0 Å². The molecule has 1 heterocycles. The molecule has 1 N–H and O–H groups in total. The number of methoxy groups -OCH3 is 1. The van der Waals surface area contributed by atoms with E-state index >= 15 is 0 Å². The summed E-state index contributed by atoms with van der Waals surface area (Å²) in [5.74, 6) is 0.557.